The first-order valence-electron chi connectivity index (χ1n) is 7.29. The van der Waals surface area contributed by atoms with Gasteiger partial charge in [0.1, 0.15) is 0 Å². The summed E-state index contributed by atoms with van der Waals surface area (Å²) >= 11 is 0. The van der Waals surface area contributed by atoms with Crippen LogP contribution in [0.1, 0.15) is 40.5 Å². The van der Waals surface area contributed by atoms with E-state index in [1.165, 1.54) is 6.42 Å². The summed E-state index contributed by atoms with van der Waals surface area (Å²) in [6, 6.07) is 0.218. The first-order chi connectivity index (χ1) is 8.51. The molecule has 3 atom stereocenters. The first kappa shape index (κ1) is 15.4. The van der Waals surface area contributed by atoms with Crippen molar-refractivity contribution in [3.8, 4) is 0 Å². The Bertz CT molecular complexity index is 264. The van der Waals surface area contributed by atoms with E-state index in [2.05, 4.69) is 11.8 Å². The van der Waals surface area contributed by atoms with Gasteiger partial charge in [0.05, 0.1) is 6.04 Å². The number of carbonyl (C=O) groups is 1. The Morgan fingerprint density at radius 3 is 2.50 bits per heavy atom. The molecule has 2 N–H and O–H groups in total. The molecule has 1 fully saturated rings. The summed E-state index contributed by atoms with van der Waals surface area (Å²) in [5.74, 6) is 0.788. The lowest BCUT2D eigenvalue weighted by atomic mass is 9.91. The van der Waals surface area contributed by atoms with Crippen LogP contribution in [0.5, 0.6) is 0 Å². The number of carbonyl (C=O) groups excluding carboxylic acids is 1. The summed E-state index contributed by atoms with van der Waals surface area (Å²) < 4.78 is 0. The van der Waals surface area contributed by atoms with E-state index in [0.29, 0.717) is 5.92 Å². The number of likely N-dealkylation sites (tertiary alicyclic amines) is 1. The van der Waals surface area contributed by atoms with E-state index in [9.17, 15) is 4.79 Å². The zero-order valence-electron chi connectivity index (χ0n) is 12.4. The van der Waals surface area contributed by atoms with E-state index >= 15 is 0 Å². The van der Waals surface area contributed by atoms with Crippen molar-refractivity contribution < 1.29 is 4.79 Å². The Morgan fingerprint density at radius 1 is 1.39 bits per heavy atom. The SMILES string of the molecule is CCN(CC)C(=O)C(C)N1CCCC(C(C)N)C1. The van der Waals surface area contributed by atoms with E-state index in [0.717, 1.165) is 32.6 Å². The van der Waals surface area contributed by atoms with Gasteiger partial charge < -0.3 is 10.6 Å². The Kier molecular flexibility index (Phi) is 6.09. The van der Waals surface area contributed by atoms with Gasteiger partial charge in [0.15, 0.2) is 0 Å². The van der Waals surface area contributed by atoms with Crippen molar-refractivity contribution in [3.05, 3.63) is 0 Å². The van der Waals surface area contributed by atoms with Gasteiger partial charge in [0.25, 0.3) is 0 Å². The highest BCUT2D eigenvalue weighted by Crippen LogP contribution is 2.21. The Morgan fingerprint density at radius 2 is 2.00 bits per heavy atom. The minimum Gasteiger partial charge on any atom is -0.342 e. The minimum atomic E-state index is -0.00792. The van der Waals surface area contributed by atoms with Gasteiger partial charge in [-0.1, -0.05) is 0 Å². The van der Waals surface area contributed by atoms with Gasteiger partial charge in [-0.15, -0.1) is 0 Å². The molecule has 0 aromatic carbocycles. The maximum atomic E-state index is 12.3. The summed E-state index contributed by atoms with van der Waals surface area (Å²) in [5.41, 5.74) is 6.00. The van der Waals surface area contributed by atoms with Crippen LogP contribution in [-0.2, 0) is 4.79 Å². The van der Waals surface area contributed by atoms with Crippen LogP contribution in [0, 0.1) is 5.92 Å². The van der Waals surface area contributed by atoms with Crippen LogP contribution < -0.4 is 5.73 Å². The quantitative estimate of drug-likeness (QED) is 0.805. The van der Waals surface area contributed by atoms with Gasteiger partial charge in [0.2, 0.25) is 5.91 Å². The van der Waals surface area contributed by atoms with Crippen LogP contribution in [0.25, 0.3) is 0 Å². The van der Waals surface area contributed by atoms with E-state index in [1.54, 1.807) is 0 Å². The van der Waals surface area contributed by atoms with Crippen molar-refractivity contribution in [2.75, 3.05) is 26.2 Å². The molecule has 1 aliphatic rings. The second-order valence-corrected chi connectivity index (χ2v) is 5.44. The lowest BCUT2D eigenvalue weighted by Gasteiger charge is -2.39. The zero-order chi connectivity index (χ0) is 13.7. The van der Waals surface area contributed by atoms with Crippen LogP contribution in [-0.4, -0.2) is 54.0 Å². The fourth-order valence-corrected chi connectivity index (χ4v) is 2.78. The summed E-state index contributed by atoms with van der Waals surface area (Å²) in [5, 5.41) is 0. The molecule has 0 saturated carbocycles. The third-order valence-electron chi connectivity index (χ3n) is 4.21. The van der Waals surface area contributed by atoms with Gasteiger partial charge in [-0.3, -0.25) is 9.69 Å². The second-order valence-electron chi connectivity index (χ2n) is 5.44. The monoisotopic (exact) mass is 255 g/mol. The van der Waals surface area contributed by atoms with Crippen molar-refractivity contribution in [2.24, 2.45) is 11.7 Å². The largest absolute Gasteiger partial charge is 0.342 e. The molecule has 0 radical (unpaired) electrons. The number of nitrogens with zero attached hydrogens (tertiary/aromatic N) is 2. The van der Waals surface area contributed by atoms with E-state index < -0.39 is 0 Å². The number of hydrogen-bond acceptors (Lipinski definition) is 3. The molecule has 0 spiro atoms. The Labute approximate surface area is 111 Å². The third-order valence-corrected chi connectivity index (χ3v) is 4.21. The number of rotatable bonds is 5. The van der Waals surface area contributed by atoms with Crippen LogP contribution in [0.15, 0.2) is 0 Å². The first-order valence-corrected chi connectivity index (χ1v) is 7.29. The molecule has 1 saturated heterocycles. The second kappa shape index (κ2) is 7.10. The molecule has 4 heteroatoms. The van der Waals surface area contributed by atoms with E-state index in [4.69, 9.17) is 5.73 Å². The lowest BCUT2D eigenvalue weighted by molar-refractivity contribution is -0.136. The summed E-state index contributed by atoms with van der Waals surface area (Å²) in [6.07, 6.45) is 2.35. The third kappa shape index (κ3) is 3.69. The highest BCUT2D eigenvalue weighted by molar-refractivity contribution is 5.81. The van der Waals surface area contributed by atoms with Gasteiger partial charge in [-0.05, 0) is 53.0 Å². The molecule has 0 aromatic rings. The lowest BCUT2D eigenvalue weighted by Crippen LogP contribution is -2.52. The normalized spacial score (nSPS) is 24.6. The molecule has 1 rings (SSSR count). The molecule has 1 amide bonds. The summed E-state index contributed by atoms with van der Waals surface area (Å²) in [4.78, 5) is 16.6. The minimum absolute atomic E-state index is 0.00792. The number of nitrogens with two attached hydrogens (primary N) is 1. The van der Waals surface area contributed by atoms with Crippen LogP contribution in [0.3, 0.4) is 0 Å². The average Bonchev–Trinajstić information content (AvgIpc) is 2.39. The molecule has 0 bridgehead atoms. The molecule has 106 valence electrons. The molecule has 1 heterocycles. The molecule has 18 heavy (non-hydrogen) atoms. The molecule has 1 aliphatic heterocycles. The topological polar surface area (TPSA) is 49.6 Å². The predicted octanol–water partition coefficient (Wildman–Crippen LogP) is 1.30. The fourth-order valence-electron chi connectivity index (χ4n) is 2.78. The Balaban J connectivity index is 2.60. The zero-order valence-corrected chi connectivity index (χ0v) is 12.4. The van der Waals surface area contributed by atoms with E-state index in [1.807, 2.05) is 25.7 Å². The average molecular weight is 255 g/mol. The van der Waals surface area contributed by atoms with Gasteiger partial charge >= 0.3 is 0 Å². The number of amides is 1. The smallest absolute Gasteiger partial charge is 0.239 e. The van der Waals surface area contributed by atoms with Crippen molar-refractivity contribution in [1.29, 1.82) is 0 Å². The standard InChI is InChI=1S/C14H29N3O/c1-5-16(6-2)14(18)12(4)17-9-7-8-13(10-17)11(3)15/h11-13H,5-10,15H2,1-4H3. The summed E-state index contributed by atoms with van der Waals surface area (Å²) in [6.45, 7) is 11.8. The number of likely N-dealkylation sites (N-methyl/N-ethyl adjacent to an activating group) is 1. The summed E-state index contributed by atoms with van der Waals surface area (Å²) in [7, 11) is 0. The maximum absolute atomic E-state index is 12.3. The Hall–Kier alpha value is -0.610. The van der Waals surface area contributed by atoms with Crippen LogP contribution in [0.2, 0.25) is 0 Å². The fraction of sp³-hybridized carbons (Fsp3) is 0.929. The van der Waals surface area contributed by atoms with Crippen LogP contribution >= 0.6 is 0 Å². The maximum Gasteiger partial charge on any atom is 0.239 e. The number of piperidine rings is 1. The van der Waals surface area contributed by atoms with Crippen molar-refractivity contribution in [2.45, 2.75) is 52.6 Å². The molecule has 0 aromatic heterocycles. The highest BCUT2D eigenvalue weighted by atomic mass is 16.2. The van der Waals surface area contributed by atoms with Crippen molar-refractivity contribution >= 4 is 5.91 Å². The van der Waals surface area contributed by atoms with Crippen molar-refractivity contribution in [1.82, 2.24) is 9.80 Å². The molecule has 0 aliphatic carbocycles. The molecular weight excluding hydrogens is 226 g/mol. The van der Waals surface area contributed by atoms with Crippen molar-refractivity contribution in [3.63, 3.8) is 0 Å². The van der Waals surface area contributed by atoms with Gasteiger partial charge in [-0.25, -0.2) is 0 Å². The molecule has 4 nitrogen and oxygen atoms in total. The number of hydrogen-bond donors (Lipinski definition) is 1. The predicted molar refractivity (Wildman–Crippen MR) is 75.3 cm³/mol. The van der Waals surface area contributed by atoms with Gasteiger partial charge in [-0.2, -0.15) is 0 Å². The van der Waals surface area contributed by atoms with E-state index in [-0.39, 0.29) is 18.0 Å². The molecule has 3 unspecified atom stereocenters. The van der Waals surface area contributed by atoms with Crippen LogP contribution in [0.4, 0.5) is 0 Å². The highest BCUT2D eigenvalue weighted by Gasteiger charge is 2.30. The molecular formula is C14H29N3O. The van der Waals surface area contributed by atoms with Gasteiger partial charge in [0, 0.05) is 25.7 Å².